The van der Waals surface area contributed by atoms with Gasteiger partial charge >= 0.3 is 0 Å². The minimum absolute atomic E-state index is 0.0879. The lowest BCUT2D eigenvalue weighted by Crippen LogP contribution is -2.32. The van der Waals surface area contributed by atoms with Crippen molar-refractivity contribution in [3.8, 4) is 5.75 Å². The Morgan fingerprint density at radius 3 is 2.41 bits per heavy atom. The number of hydrogen-bond donors (Lipinski definition) is 1. The number of rotatable bonds is 5. The van der Waals surface area contributed by atoms with E-state index in [0.717, 1.165) is 16.8 Å². The lowest BCUT2D eigenvalue weighted by atomic mass is 10.1. The van der Waals surface area contributed by atoms with Gasteiger partial charge in [0.2, 0.25) is 0 Å². The maximum atomic E-state index is 13.6. The molecule has 0 aliphatic heterocycles. The molecule has 1 amide bonds. The average molecular weight is 301 g/mol. The molecule has 0 aliphatic rings. The summed E-state index contributed by atoms with van der Waals surface area (Å²) in [6.07, 6.45) is -0.289. The average Bonchev–Trinajstić information content (AvgIpc) is 2.45. The summed E-state index contributed by atoms with van der Waals surface area (Å²) in [4.78, 5) is 12.3. The highest BCUT2D eigenvalue weighted by molar-refractivity contribution is 5.94. The third-order valence-electron chi connectivity index (χ3n) is 3.26. The molecule has 0 bridgehead atoms. The molecule has 1 N–H and O–H groups in total. The van der Waals surface area contributed by atoms with Gasteiger partial charge in [-0.2, -0.15) is 0 Å². The predicted octanol–water partition coefficient (Wildman–Crippen LogP) is 4.24. The highest BCUT2D eigenvalue weighted by atomic mass is 19.1. The Hall–Kier alpha value is -2.36. The third kappa shape index (κ3) is 4.07. The number of halogens is 1. The monoisotopic (exact) mass is 301 g/mol. The fourth-order valence-corrected chi connectivity index (χ4v) is 2.29. The number of hydrogen-bond acceptors (Lipinski definition) is 2. The van der Waals surface area contributed by atoms with Gasteiger partial charge < -0.3 is 10.1 Å². The molecule has 0 saturated carbocycles. The zero-order valence-electron chi connectivity index (χ0n) is 13.0. The van der Waals surface area contributed by atoms with Crippen LogP contribution in [0.3, 0.4) is 0 Å². The van der Waals surface area contributed by atoms with Crippen LogP contribution in [-0.2, 0) is 4.79 Å². The van der Waals surface area contributed by atoms with E-state index in [4.69, 9.17) is 4.74 Å². The van der Waals surface area contributed by atoms with Gasteiger partial charge in [-0.1, -0.05) is 25.1 Å². The van der Waals surface area contributed by atoms with E-state index in [2.05, 4.69) is 5.32 Å². The van der Waals surface area contributed by atoms with Crippen LogP contribution < -0.4 is 10.1 Å². The van der Waals surface area contributed by atoms with Gasteiger partial charge in [0, 0.05) is 5.69 Å². The Balaban J connectivity index is 2.10. The number of anilines is 1. The molecule has 0 heterocycles. The van der Waals surface area contributed by atoms with Crippen LogP contribution in [0.4, 0.5) is 10.1 Å². The molecule has 0 radical (unpaired) electrons. The van der Waals surface area contributed by atoms with Gasteiger partial charge in [0.15, 0.2) is 17.7 Å². The molecule has 0 aliphatic carbocycles. The van der Waals surface area contributed by atoms with E-state index in [1.54, 1.807) is 12.1 Å². The molecule has 0 fully saturated rings. The van der Waals surface area contributed by atoms with Gasteiger partial charge in [-0.15, -0.1) is 0 Å². The standard InChI is InChI=1S/C18H20FNO2/c1-4-16(22-17-8-6-5-7-15(17)19)18(21)20-14-10-12(2)9-13(3)11-14/h5-11,16H,4H2,1-3H3,(H,20,21)/t16-/m0/s1. The number of benzene rings is 2. The summed E-state index contributed by atoms with van der Waals surface area (Å²) in [6.45, 7) is 5.76. The van der Waals surface area contributed by atoms with E-state index in [1.807, 2.05) is 39.0 Å². The lowest BCUT2D eigenvalue weighted by molar-refractivity contribution is -0.122. The van der Waals surface area contributed by atoms with Gasteiger partial charge in [-0.3, -0.25) is 4.79 Å². The molecular weight excluding hydrogens is 281 g/mol. The molecule has 4 heteroatoms. The Labute approximate surface area is 130 Å². The van der Waals surface area contributed by atoms with E-state index in [1.165, 1.54) is 12.1 Å². The summed E-state index contributed by atoms with van der Waals surface area (Å²) in [5.74, 6) is -0.666. The molecule has 116 valence electrons. The van der Waals surface area contributed by atoms with Gasteiger partial charge in [0.05, 0.1) is 0 Å². The highest BCUT2D eigenvalue weighted by Crippen LogP contribution is 2.19. The van der Waals surface area contributed by atoms with Crippen LogP contribution in [0.5, 0.6) is 5.75 Å². The van der Waals surface area contributed by atoms with Crippen LogP contribution in [0.15, 0.2) is 42.5 Å². The molecule has 0 unspecified atom stereocenters. The van der Waals surface area contributed by atoms with Crippen molar-refractivity contribution in [2.24, 2.45) is 0 Å². The molecule has 0 spiro atoms. The lowest BCUT2D eigenvalue weighted by Gasteiger charge is -2.18. The SMILES string of the molecule is CC[C@H](Oc1ccccc1F)C(=O)Nc1cc(C)cc(C)c1. The fourth-order valence-electron chi connectivity index (χ4n) is 2.29. The quantitative estimate of drug-likeness (QED) is 0.897. The first-order valence-corrected chi connectivity index (χ1v) is 7.30. The summed E-state index contributed by atoms with van der Waals surface area (Å²) in [5.41, 5.74) is 2.86. The molecule has 1 atom stereocenters. The van der Waals surface area contributed by atoms with Gasteiger partial charge in [0.25, 0.3) is 5.91 Å². The minimum Gasteiger partial charge on any atom is -0.478 e. The Morgan fingerprint density at radius 1 is 1.18 bits per heavy atom. The first-order valence-electron chi connectivity index (χ1n) is 7.30. The van der Waals surface area contributed by atoms with E-state index in [9.17, 15) is 9.18 Å². The number of para-hydroxylation sites is 1. The van der Waals surface area contributed by atoms with Crippen LogP contribution in [0, 0.1) is 19.7 Å². The zero-order valence-corrected chi connectivity index (χ0v) is 13.0. The van der Waals surface area contributed by atoms with Crippen LogP contribution in [0.25, 0.3) is 0 Å². The Kier molecular flexibility index (Phi) is 5.15. The van der Waals surface area contributed by atoms with Crippen molar-refractivity contribution in [1.29, 1.82) is 0 Å². The molecule has 22 heavy (non-hydrogen) atoms. The Bertz CT molecular complexity index is 650. The molecule has 3 nitrogen and oxygen atoms in total. The molecule has 2 aromatic carbocycles. The highest BCUT2D eigenvalue weighted by Gasteiger charge is 2.20. The number of ether oxygens (including phenoxy) is 1. The normalized spacial score (nSPS) is 11.8. The van der Waals surface area contributed by atoms with E-state index < -0.39 is 11.9 Å². The first-order chi connectivity index (χ1) is 10.5. The molecule has 0 aromatic heterocycles. The maximum absolute atomic E-state index is 13.6. The van der Waals surface area contributed by atoms with Crippen molar-refractivity contribution in [3.05, 3.63) is 59.4 Å². The third-order valence-corrected chi connectivity index (χ3v) is 3.26. The van der Waals surface area contributed by atoms with E-state index in [-0.39, 0.29) is 11.7 Å². The number of carbonyl (C=O) groups excluding carboxylic acids is 1. The van der Waals surface area contributed by atoms with Crippen molar-refractivity contribution in [3.63, 3.8) is 0 Å². The Morgan fingerprint density at radius 2 is 1.82 bits per heavy atom. The summed E-state index contributed by atoms with van der Waals surface area (Å²) in [5, 5.41) is 2.83. The van der Waals surface area contributed by atoms with E-state index in [0.29, 0.717) is 6.42 Å². The van der Waals surface area contributed by atoms with Crippen LogP contribution in [0.2, 0.25) is 0 Å². The number of nitrogens with one attached hydrogen (secondary N) is 1. The molecule has 2 rings (SSSR count). The van der Waals surface area contributed by atoms with Crippen LogP contribution >= 0.6 is 0 Å². The molecular formula is C18H20FNO2. The summed E-state index contributed by atoms with van der Waals surface area (Å²) >= 11 is 0. The summed E-state index contributed by atoms with van der Waals surface area (Å²) < 4.78 is 19.1. The van der Waals surface area contributed by atoms with Gasteiger partial charge in [-0.05, 0) is 55.7 Å². The topological polar surface area (TPSA) is 38.3 Å². The second kappa shape index (κ2) is 7.07. The first kappa shape index (κ1) is 16.0. The van der Waals surface area contributed by atoms with Crippen molar-refractivity contribution < 1.29 is 13.9 Å². The van der Waals surface area contributed by atoms with Crippen molar-refractivity contribution in [1.82, 2.24) is 0 Å². The second-order valence-electron chi connectivity index (χ2n) is 5.31. The van der Waals surface area contributed by atoms with Crippen LogP contribution in [-0.4, -0.2) is 12.0 Å². The van der Waals surface area contributed by atoms with Gasteiger partial charge in [0.1, 0.15) is 0 Å². The van der Waals surface area contributed by atoms with Crippen molar-refractivity contribution in [2.45, 2.75) is 33.3 Å². The van der Waals surface area contributed by atoms with Crippen molar-refractivity contribution >= 4 is 11.6 Å². The smallest absolute Gasteiger partial charge is 0.265 e. The van der Waals surface area contributed by atoms with E-state index >= 15 is 0 Å². The summed E-state index contributed by atoms with van der Waals surface area (Å²) in [6, 6.07) is 11.9. The maximum Gasteiger partial charge on any atom is 0.265 e. The predicted molar refractivity (Wildman–Crippen MR) is 85.7 cm³/mol. The van der Waals surface area contributed by atoms with Gasteiger partial charge in [-0.25, -0.2) is 4.39 Å². The number of carbonyl (C=O) groups is 1. The van der Waals surface area contributed by atoms with Crippen molar-refractivity contribution in [2.75, 3.05) is 5.32 Å². The molecule has 2 aromatic rings. The van der Waals surface area contributed by atoms with Crippen LogP contribution in [0.1, 0.15) is 24.5 Å². The zero-order chi connectivity index (χ0) is 16.1. The number of amides is 1. The largest absolute Gasteiger partial charge is 0.478 e. The fraction of sp³-hybridized carbons (Fsp3) is 0.278. The number of aryl methyl sites for hydroxylation is 2. The molecule has 0 saturated heterocycles. The second-order valence-corrected chi connectivity index (χ2v) is 5.31. The minimum atomic E-state index is -0.738. The summed E-state index contributed by atoms with van der Waals surface area (Å²) in [7, 11) is 0.